The fraction of sp³-hybridized carbons (Fsp3) is 0.704. The van der Waals surface area contributed by atoms with Crippen LogP contribution in [0.1, 0.15) is 76.1 Å². The van der Waals surface area contributed by atoms with Gasteiger partial charge in [0.05, 0.1) is 5.56 Å². The van der Waals surface area contributed by atoms with Crippen LogP contribution in [0, 0.1) is 5.41 Å². The van der Waals surface area contributed by atoms with E-state index in [1.807, 2.05) is 23.1 Å². The van der Waals surface area contributed by atoms with Gasteiger partial charge in [0.1, 0.15) is 0 Å². The van der Waals surface area contributed by atoms with Crippen molar-refractivity contribution < 1.29 is 9.59 Å². The Morgan fingerprint density at radius 2 is 1.55 bits per heavy atom. The van der Waals surface area contributed by atoms with Crippen molar-refractivity contribution in [2.45, 2.75) is 77.8 Å². The van der Waals surface area contributed by atoms with Gasteiger partial charge in [-0.2, -0.15) is 0 Å². The van der Waals surface area contributed by atoms with Gasteiger partial charge < -0.3 is 15.1 Å². The first-order chi connectivity index (χ1) is 15.8. The minimum Gasteiger partial charge on any atom is -0.371 e. The van der Waals surface area contributed by atoms with Gasteiger partial charge in [-0.3, -0.25) is 14.5 Å². The highest BCUT2D eigenvalue weighted by molar-refractivity contribution is 6.00. The molecule has 0 spiro atoms. The molecule has 0 aromatic heterocycles. The maximum atomic E-state index is 13.5. The summed E-state index contributed by atoms with van der Waals surface area (Å²) in [6.45, 7) is 11.7. The van der Waals surface area contributed by atoms with Crippen LogP contribution < -0.4 is 10.2 Å². The van der Waals surface area contributed by atoms with E-state index in [2.05, 4.69) is 42.0 Å². The van der Waals surface area contributed by atoms with Crippen LogP contribution in [-0.4, -0.2) is 73.0 Å². The first-order valence-electron chi connectivity index (χ1n) is 13.0. The normalized spacial score (nSPS) is 21.4. The molecule has 4 rings (SSSR count). The van der Waals surface area contributed by atoms with Crippen molar-refractivity contribution in [3.63, 3.8) is 0 Å². The number of nitrogens with one attached hydrogen (secondary N) is 1. The van der Waals surface area contributed by atoms with Gasteiger partial charge in [-0.25, -0.2) is 0 Å². The Labute approximate surface area is 199 Å². The molecule has 2 heterocycles. The third-order valence-corrected chi connectivity index (χ3v) is 7.47. The number of piperazine rings is 1. The molecule has 0 radical (unpaired) electrons. The number of carbonyl (C=O) groups excluding carboxylic acids is 2. The summed E-state index contributed by atoms with van der Waals surface area (Å²) in [5, 5.41) is 3.22. The lowest BCUT2D eigenvalue weighted by Gasteiger charge is -2.39. The summed E-state index contributed by atoms with van der Waals surface area (Å²) in [6, 6.07) is 9.03. The predicted molar refractivity (Wildman–Crippen MR) is 134 cm³/mol. The largest absolute Gasteiger partial charge is 0.371 e. The third kappa shape index (κ3) is 6.28. The summed E-state index contributed by atoms with van der Waals surface area (Å²) in [5.74, 6) is 0.311. The number of rotatable bonds is 5. The number of hydrogen-bond donors (Lipinski definition) is 1. The Morgan fingerprint density at radius 3 is 2.18 bits per heavy atom. The molecule has 2 aliphatic heterocycles. The van der Waals surface area contributed by atoms with Crippen LogP contribution in [0.2, 0.25) is 0 Å². The van der Waals surface area contributed by atoms with Gasteiger partial charge in [0.25, 0.3) is 5.91 Å². The van der Waals surface area contributed by atoms with Crippen molar-refractivity contribution in [1.29, 1.82) is 0 Å². The highest BCUT2D eigenvalue weighted by atomic mass is 16.2. The molecular formula is C27H42N4O2. The topological polar surface area (TPSA) is 55.9 Å². The van der Waals surface area contributed by atoms with E-state index < -0.39 is 0 Å². The Balaban J connectivity index is 1.32. The molecule has 182 valence electrons. The Hall–Kier alpha value is -2.08. The summed E-state index contributed by atoms with van der Waals surface area (Å²) in [5.41, 5.74) is 1.87. The van der Waals surface area contributed by atoms with Crippen LogP contribution >= 0.6 is 0 Å². The summed E-state index contributed by atoms with van der Waals surface area (Å²) in [7, 11) is 0. The maximum Gasteiger partial charge on any atom is 0.256 e. The quantitative estimate of drug-likeness (QED) is 0.733. The minimum atomic E-state index is 0.00662. The van der Waals surface area contributed by atoms with E-state index in [1.165, 1.54) is 25.7 Å². The average Bonchev–Trinajstić information content (AvgIpc) is 3.33. The molecule has 0 atom stereocenters. The smallest absolute Gasteiger partial charge is 0.256 e. The predicted octanol–water partition coefficient (Wildman–Crippen LogP) is 3.91. The highest BCUT2D eigenvalue weighted by Crippen LogP contribution is 2.28. The number of anilines is 1. The lowest BCUT2D eigenvalue weighted by atomic mass is 9.91. The zero-order valence-electron chi connectivity index (χ0n) is 20.8. The number of para-hydroxylation sites is 1. The summed E-state index contributed by atoms with van der Waals surface area (Å²) >= 11 is 0. The average molecular weight is 455 g/mol. The fourth-order valence-corrected chi connectivity index (χ4v) is 5.69. The van der Waals surface area contributed by atoms with Crippen LogP contribution in [-0.2, 0) is 4.79 Å². The Morgan fingerprint density at radius 1 is 0.909 bits per heavy atom. The van der Waals surface area contributed by atoms with Crippen LogP contribution in [0.15, 0.2) is 24.3 Å². The Bertz CT molecular complexity index is 812. The van der Waals surface area contributed by atoms with E-state index in [4.69, 9.17) is 0 Å². The van der Waals surface area contributed by atoms with Crippen molar-refractivity contribution in [3.05, 3.63) is 29.8 Å². The zero-order chi connectivity index (χ0) is 23.4. The maximum absolute atomic E-state index is 13.5. The number of amides is 2. The Kier molecular flexibility index (Phi) is 7.62. The standard InChI is InChI=1S/C27H42N4O2/c1-27(2,3)20-25(32)28-21-12-14-30(15-13-21)24-11-7-6-10-23(24)26(33)31-18-16-29(17-19-31)22-8-4-5-9-22/h6-7,10-11,21-22H,4-5,8-9,12-20H2,1-3H3,(H,28,32). The van der Waals surface area contributed by atoms with E-state index in [9.17, 15) is 9.59 Å². The molecule has 1 aromatic carbocycles. The molecule has 1 N–H and O–H groups in total. The first-order valence-corrected chi connectivity index (χ1v) is 13.0. The monoisotopic (exact) mass is 454 g/mol. The van der Waals surface area contributed by atoms with E-state index in [-0.39, 0.29) is 23.3 Å². The minimum absolute atomic E-state index is 0.00662. The summed E-state index contributed by atoms with van der Waals surface area (Å²) < 4.78 is 0. The van der Waals surface area contributed by atoms with Crippen LogP contribution in [0.4, 0.5) is 5.69 Å². The van der Waals surface area contributed by atoms with Gasteiger partial charge >= 0.3 is 0 Å². The first kappa shape index (κ1) is 24.1. The molecule has 33 heavy (non-hydrogen) atoms. The second-order valence-corrected chi connectivity index (χ2v) is 11.3. The van der Waals surface area contributed by atoms with Crippen molar-refractivity contribution in [2.75, 3.05) is 44.2 Å². The van der Waals surface area contributed by atoms with E-state index in [0.717, 1.165) is 69.4 Å². The molecule has 1 saturated carbocycles. The van der Waals surface area contributed by atoms with Gasteiger partial charge in [-0.15, -0.1) is 0 Å². The second-order valence-electron chi connectivity index (χ2n) is 11.3. The summed E-state index contributed by atoms with van der Waals surface area (Å²) in [6.07, 6.45) is 7.74. The molecule has 2 saturated heterocycles. The summed E-state index contributed by atoms with van der Waals surface area (Å²) in [4.78, 5) is 32.8. The fourth-order valence-electron chi connectivity index (χ4n) is 5.69. The molecule has 3 fully saturated rings. The zero-order valence-corrected chi connectivity index (χ0v) is 20.8. The molecule has 6 heteroatoms. The van der Waals surface area contributed by atoms with Gasteiger partial charge in [0.2, 0.25) is 5.91 Å². The molecule has 1 aliphatic carbocycles. The molecule has 0 bridgehead atoms. The van der Waals surface area contributed by atoms with E-state index in [0.29, 0.717) is 6.42 Å². The highest BCUT2D eigenvalue weighted by Gasteiger charge is 2.30. The van der Waals surface area contributed by atoms with Crippen molar-refractivity contribution in [3.8, 4) is 0 Å². The van der Waals surface area contributed by atoms with Gasteiger partial charge in [-0.1, -0.05) is 45.7 Å². The third-order valence-electron chi connectivity index (χ3n) is 7.47. The van der Waals surface area contributed by atoms with Gasteiger partial charge in [-0.05, 0) is 43.2 Å². The van der Waals surface area contributed by atoms with Crippen LogP contribution in [0.5, 0.6) is 0 Å². The number of hydrogen-bond acceptors (Lipinski definition) is 4. The number of nitrogens with zero attached hydrogens (tertiary/aromatic N) is 3. The molecule has 2 amide bonds. The number of carbonyl (C=O) groups is 2. The lowest BCUT2D eigenvalue weighted by Crippen LogP contribution is -2.51. The van der Waals surface area contributed by atoms with Gasteiger partial charge in [0, 0.05) is 63.5 Å². The number of piperidine rings is 1. The molecule has 0 unspecified atom stereocenters. The second kappa shape index (κ2) is 10.5. The van der Waals surface area contributed by atoms with Crippen LogP contribution in [0.3, 0.4) is 0 Å². The number of benzene rings is 1. The van der Waals surface area contributed by atoms with E-state index >= 15 is 0 Å². The molecule has 3 aliphatic rings. The van der Waals surface area contributed by atoms with Crippen molar-refractivity contribution >= 4 is 17.5 Å². The molecule has 6 nitrogen and oxygen atoms in total. The van der Waals surface area contributed by atoms with Gasteiger partial charge in [0.15, 0.2) is 0 Å². The van der Waals surface area contributed by atoms with Crippen molar-refractivity contribution in [1.82, 2.24) is 15.1 Å². The molecule has 1 aromatic rings. The SMILES string of the molecule is CC(C)(C)CC(=O)NC1CCN(c2ccccc2C(=O)N2CCN(C3CCCC3)CC2)CC1. The van der Waals surface area contributed by atoms with E-state index in [1.54, 1.807) is 0 Å². The molecular weight excluding hydrogens is 412 g/mol. The van der Waals surface area contributed by atoms with Crippen LogP contribution in [0.25, 0.3) is 0 Å². The van der Waals surface area contributed by atoms with Crippen molar-refractivity contribution in [2.24, 2.45) is 5.41 Å². The lowest BCUT2D eigenvalue weighted by molar-refractivity contribution is -0.123.